The Kier molecular flexibility index (Phi) is 3.63. The number of nitrogens with one attached hydrogen (secondary N) is 1. The molecule has 2 atom stereocenters. The largest absolute Gasteiger partial charge is 0.352 e. The molecule has 100 valence electrons. The number of hydrogen-bond acceptors (Lipinski definition) is 3. The van der Waals surface area contributed by atoms with Crippen LogP contribution in [0.4, 0.5) is 0 Å². The van der Waals surface area contributed by atoms with Gasteiger partial charge in [-0.1, -0.05) is 13.8 Å². The molecule has 1 amide bonds. The molecule has 18 heavy (non-hydrogen) atoms. The lowest BCUT2D eigenvalue weighted by atomic mass is 9.63. The Hall–Kier alpha value is -1.08. The predicted molar refractivity (Wildman–Crippen MR) is 69.7 cm³/mol. The fraction of sp³-hybridized carbons (Fsp3) is 0.857. The molecule has 2 fully saturated rings. The lowest BCUT2D eigenvalue weighted by Gasteiger charge is -2.42. The Balaban J connectivity index is 1.94. The maximum Gasteiger partial charge on any atom is 0.240 e. The average molecular weight is 249 g/mol. The van der Waals surface area contributed by atoms with E-state index in [1.807, 2.05) is 0 Å². The van der Waals surface area contributed by atoms with Crippen molar-refractivity contribution in [1.82, 2.24) is 10.2 Å². The number of likely N-dealkylation sites (tertiary alicyclic amines) is 1. The van der Waals surface area contributed by atoms with Crippen LogP contribution in [0.5, 0.6) is 0 Å². The van der Waals surface area contributed by atoms with Crippen molar-refractivity contribution in [1.29, 1.82) is 5.26 Å². The molecule has 0 radical (unpaired) electrons. The van der Waals surface area contributed by atoms with Crippen LogP contribution in [0, 0.1) is 28.6 Å². The monoisotopic (exact) mass is 249 g/mol. The summed E-state index contributed by atoms with van der Waals surface area (Å²) in [6.07, 6.45) is 2.42. The van der Waals surface area contributed by atoms with E-state index in [0.29, 0.717) is 11.8 Å². The summed E-state index contributed by atoms with van der Waals surface area (Å²) in [5.74, 6) is 0.927. The molecule has 2 rings (SSSR count). The molecule has 4 nitrogen and oxygen atoms in total. The molecule has 1 heterocycles. The summed E-state index contributed by atoms with van der Waals surface area (Å²) in [4.78, 5) is 14.6. The van der Waals surface area contributed by atoms with E-state index in [1.54, 1.807) is 0 Å². The molecule has 1 aliphatic carbocycles. The van der Waals surface area contributed by atoms with Crippen molar-refractivity contribution in [3.8, 4) is 6.07 Å². The SMILES string of the molecule is CC1CC(C#N)(C(=O)NC2CCN(C)CC2C)C1. The van der Waals surface area contributed by atoms with Crippen LogP contribution in [0.15, 0.2) is 0 Å². The highest BCUT2D eigenvalue weighted by Crippen LogP contribution is 2.45. The van der Waals surface area contributed by atoms with Crippen LogP contribution in [0.3, 0.4) is 0 Å². The van der Waals surface area contributed by atoms with Gasteiger partial charge in [-0.2, -0.15) is 5.26 Å². The first-order valence-corrected chi connectivity index (χ1v) is 6.87. The van der Waals surface area contributed by atoms with Crippen molar-refractivity contribution < 1.29 is 4.79 Å². The van der Waals surface area contributed by atoms with Crippen molar-refractivity contribution in [2.45, 2.75) is 39.2 Å². The molecule has 0 aromatic carbocycles. The first kappa shape index (κ1) is 13.4. The standard InChI is InChI=1S/C14H23N3O/c1-10-6-14(7-10,9-15)13(18)16-12-4-5-17(3)8-11(12)2/h10-12H,4-8H2,1-3H3,(H,16,18). The number of amides is 1. The van der Waals surface area contributed by atoms with Crippen LogP contribution >= 0.6 is 0 Å². The molecule has 0 spiro atoms. The first-order valence-electron chi connectivity index (χ1n) is 6.87. The number of piperidine rings is 1. The Bertz CT molecular complexity index is 368. The molecule has 1 saturated heterocycles. The molecule has 1 N–H and O–H groups in total. The topological polar surface area (TPSA) is 56.1 Å². The number of nitrogens with zero attached hydrogens (tertiary/aromatic N) is 2. The zero-order chi connectivity index (χ0) is 13.3. The van der Waals surface area contributed by atoms with Gasteiger partial charge >= 0.3 is 0 Å². The van der Waals surface area contributed by atoms with E-state index in [-0.39, 0.29) is 11.9 Å². The van der Waals surface area contributed by atoms with Crippen LogP contribution in [-0.4, -0.2) is 37.0 Å². The maximum atomic E-state index is 12.3. The smallest absolute Gasteiger partial charge is 0.240 e. The second-order valence-electron chi connectivity index (χ2n) is 6.32. The summed E-state index contributed by atoms with van der Waals surface area (Å²) >= 11 is 0. The highest BCUT2D eigenvalue weighted by Gasteiger charge is 2.49. The molecule has 0 aromatic heterocycles. The molecule has 0 bridgehead atoms. The zero-order valence-corrected chi connectivity index (χ0v) is 11.6. The summed E-state index contributed by atoms with van der Waals surface area (Å²) < 4.78 is 0. The second kappa shape index (κ2) is 4.89. The number of carbonyl (C=O) groups is 1. The molecule has 2 unspecified atom stereocenters. The zero-order valence-electron chi connectivity index (χ0n) is 11.6. The summed E-state index contributed by atoms with van der Waals surface area (Å²) in [6.45, 7) is 6.30. The number of rotatable bonds is 2. The Morgan fingerprint density at radius 1 is 1.44 bits per heavy atom. The molecule has 2 aliphatic rings. The summed E-state index contributed by atoms with van der Waals surface area (Å²) in [5, 5.41) is 12.4. The summed E-state index contributed by atoms with van der Waals surface area (Å²) in [7, 11) is 2.11. The van der Waals surface area contributed by atoms with Gasteiger partial charge in [0, 0.05) is 12.6 Å². The molecule has 4 heteroatoms. The Morgan fingerprint density at radius 3 is 2.61 bits per heavy atom. The van der Waals surface area contributed by atoms with Crippen molar-refractivity contribution in [3.63, 3.8) is 0 Å². The normalized spacial score (nSPS) is 40.7. The van der Waals surface area contributed by atoms with Gasteiger partial charge in [0.15, 0.2) is 0 Å². The number of nitriles is 1. The third-order valence-electron chi connectivity index (χ3n) is 4.47. The van der Waals surface area contributed by atoms with Crippen molar-refractivity contribution in [2.24, 2.45) is 17.3 Å². The Morgan fingerprint density at radius 2 is 2.11 bits per heavy atom. The van der Waals surface area contributed by atoms with E-state index < -0.39 is 5.41 Å². The average Bonchev–Trinajstić information content (AvgIpc) is 2.28. The highest BCUT2D eigenvalue weighted by molar-refractivity contribution is 5.86. The third kappa shape index (κ3) is 2.37. The Labute approximate surface area is 109 Å². The van der Waals surface area contributed by atoms with E-state index >= 15 is 0 Å². The summed E-state index contributed by atoms with van der Waals surface area (Å²) in [5.41, 5.74) is -0.734. The van der Waals surface area contributed by atoms with E-state index in [4.69, 9.17) is 0 Å². The minimum Gasteiger partial charge on any atom is -0.352 e. The van der Waals surface area contributed by atoms with E-state index in [9.17, 15) is 10.1 Å². The second-order valence-corrected chi connectivity index (χ2v) is 6.32. The molecule has 1 saturated carbocycles. The van der Waals surface area contributed by atoms with Gasteiger partial charge in [0.25, 0.3) is 0 Å². The van der Waals surface area contributed by atoms with Crippen molar-refractivity contribution in [2.75, 3.05) is 20.1 Å². The van der Waals surface area contributed by atoms with Crippen LogP contribution in [0.1, 0.15) is 33.1 Å². The van der Waals surface area contributed by atoms with Gasteiger partial charge in [0.2, 0.25) is 5.91 Å². The van der Waals surface area contributed by atoms with Gasteiger partial charge in [-0.3, -0.25) is 4.79 Å². The third-order valence-corrected chi connectivity index (χ3v) is 4.47. The predicted octanol–water partition coefficient (Wildman–Crippen LogP) is 1.38. The van der Waals surface area contributed by atoms with Gasteiger partial charge in [-0.15, -0.1) is 0 Å². The van der Waals surface area contributed by atoms with Crippen LogP contribution in [0.2, 0.25) is 0 Å². The summed E-state index contributed by atoms with van der Waals surface area (Å²) in [6, 6.07) is 2.47. The van der Waals surface area contributed by atoms with Crippen molar-refractivity contribution >= 4 is 5.91 Å². The lowest BCUT2D eigenvalue weighted by Crippen LogP contribution is -2.55. The fourth-order valence-corrected chi connectivity index (χ4v) is 3.33. The number of carbonyl (C=O) groups excluding carboxylic acids is 1. The highest BCUT2D eigenvalue weighted by atomic mass is 16.2. The minimum atomic E-state index is -0.734. The van der Waals surface area contributed by atoms with E-state index in [2.05, 4.69) is 37.2 Å². The van der Waals surface area contributed by atoms with E-state index in [0.717, 1.165) is 32.4 Å². The fourth-order valence-electron chi connectivity index (χ4n) is 3.33. The number of hydrogen-bond donors (Lipinski definition) is 1. The molecular weight excluding hydrogens is 226 g/mol. The van der Waals surface area contributed by atoms with Gasteiger partial charge in [-0.25, -0.2) is 0 Å². The quantitative estimate of drug-likeness (QED) is 0.804. The van der Waals surface area contributed by atoms with Crippen LogP contribution < -0.4 is 5.32 Å². The van der Waals surface area contributed by atoms with Crippen LogP contribution in [-0.2, 0) is 4.79 Å². The lowest BCUT2D eigenvalue weighted by molar-refractivity contribution is -0.135. The van der Waals surface area contributed by atoms with E-state index in [1.165, 1.54) is 0 Å². The van der Waals surface area contributed by atoms with Gasteiger partial charge in [0.05, 0.1) is 6.07 Å². The first-order chi connectivity index (χ1) is 8.47. The maximum absolute atomic E-state index is 12.3. The van der Waals surface area contributed by atoms with Gasteiger partial charge in [-0.05, 0) is 44.7 Å². The van der Waals surface area contributed by atoms with Crippen molar-refractivity contribution in [3.05, 3.63) is 0 Å². The van der Waals surface area contributed by atoms with Gasteiger partial charge < -0.3 is 10.2 Å². The molecule has 1 aliphatic heterocycles. The molecule has 0 aromatic rings. The minimum absolute atomic E-state index is 0.0375. The molecular formula is C14H23N3O. The van der Waals surface area contributed by atoms with Gasteiger partial charge in [0.1, 0.15) is 5.41 Å². The van der Waals surface area contributed by atoms with Crippen LogP contribution in [0.25, 0.3) is 0 Å².